The van der Waals surface area contributed by atoms with Crippen LogP contribution < -0.4 is 102 Å². The minimum atomic E-state index is 0. The van der Waals surface area contributed by atoms with Gasteiger partial charge in [-0.25, -0.2) is 0 Å². The normalized spacial score (nSPS) is 0. The third kappa shape index (κ3) is 8.91. The van der Waals surface area contributed by atoms with Crippen molar-refractivity contribution in [3.8, 4) is 0 Å². The first-order valence-corrected chi connectivity index (χ1v) is 0. The zero-order chi connectivity index (χ0) is 0. The van der Waals surface area contributed by atoms with Crippen LogP contribution in [0.15, 0.2) is 0 Å². The summed E-state index contributed by atoms with van der Waals surface area (Å²) in [4.78, 5) is 0. The quantitative estimate of drug-likeness (QED) is 0.386. The molecule has 0 aliphatic heterocycles. The third-order valence-electron chi connectivity index (χ3n) is 0. The van der Waals surface area contributed by atoms with Gasteiger partial charge in [0, 0.05) is 0 Å². The predicted molar refractivity (Wildman–Crippen MR) is 0 cm³/mol. The summed E-state index contributed by atoms with van der Waals surface area (Å²) >= 11 is 0. The largest absolute Gasteiger partial charge is 1.00 e. The molecular formula is Br3K-2. The number of hydrogen-bond donors (Lipinski definition) is 0. The van der Waals surface area contributed by atoms with Crippen LogP contribution in [-0.4, -0.2) is 0 Å². The van der Waals surface area contributed by atoms with E-state index in [1.807, 2.05) is 0 Å². The van der Waals surface area contributed by atoms with Crippen molar-refractivity contribution < 1.29 is 102 Å². The standard InChI is InChI=1S/3BrH.K/h3*1H;/q;;;+1/p-3. The molecule has 0 N–H and O–H groups in total. The number of rotatable bonds is 0. The fourth-order valence-corrected chi connectivity index (χ4v) is 0. The van der Waals surface area contributed by atoms with Crippen LogP contribution in [0.5, 0.6) is 0 Å². The number of halogens is 3. The van der Waals surface area contributed by atoms with E-state index in [2.05, 4.69) is 0 Å². The van der Waals surface area contributed by atoms with Crippen LogP contribution in [-0.2, 0) is 0 Å². The van der Waals surface area contributed by atoms with Gasteiger partial charge in [-0.05, 0) is 0 Å². The summed E-state index contributed by atoms with van der Waals surface area (Å²) in [7, 11) is 0. The van der Waals surface area contributed by atoms with Crippen molar-refractivity contribution in [2.24, 2.45) is 0 Å². The second-order valence-electron chi connectivity index (χ2n) is 0. The molecule has 0 bridgehead atoms. The molecule has 0 nitrogen and oxygen atoms in total. The first-order chi connectivity index (χ1) is 0. The Morgan fingerprint density at radius 3 is 0.500 bits per heavy atom. The van der Waals surface area contributed by atoms with E-state index in [0.29, 0.717) is 0 Å². The Morgan fingerprint density at radius 1 is 0.500 bits per heavy atom. The maximum Gasteiger partial charge on any atom is 1.00 e. The van der Waals surface area contributed by atoms with E-state index in [9.17, 15) is 0 Å². The summed E-state index contributed by atoms with van der Waals surface area (Å²) in [5.41, 5.74) is 0. The van der Waals surface area contributed by atoms with Crippen LogP contribution >= 0.6 is 0 Å². The fourth-order valence-electron chi connectivity index (χ4n) is 0. The minimum Gasteiger partial charge on any atom is -1.00 e. The summed E-state index contributed by atoms with van der Waals surface area (Å²) < 4.78 is 0. The first-order valence-electron chi connectivity index (χ1n) is 0. The number of hydrogen-bond acceptors (Lipinski definition) is 0. The van der Waals surface area contributed by atoms with Crippen molar-refractivity contribution in [3.63, 3.8) is 0 Å². The molecular weight excluding hydrogens is 279 g/mol. The summed E-state index contributed by atoms with van der Waals surface area (Å²) in [6.07, 6.45) is 0. The van der Waals surface area contributed by atoms with E-state index in [1.54, 1.807) is 0 Å². The van der Waals surface area contributed by atoms with E-state index in [4.69, 9.17) is 0 Å². The topological polar surface area (TPSA) is 0 Å². The van der Waals surface area contributed by atoms with Crippen LogP contribution in [0.2, 0.25) is 0 Å². The average Bonchev–Trinajstić information content (AvgIpc) is 0. The molecule has 0 aliphatic rings. The Balaban J connectivity index is 0. The molecule has 0 aliphatic carbocycles. The van der Waals surface area contributed by atoms with E-state index in [-0.39, 0.29) is 102 Å². The molecule has 4 heteroatoms. The van der Waals surface area contributed by atoms with Gasteiger partial charge in [-0.15, -0.1) is 0 Å². The molecule has 0 aromatic heterocycles. The molecule has 0 rings (SSSR count). The molecule has 0 saturated heterocycles. The molecule has 0 atom stereocenters. The van der Waals surface area contributed by atoms with Crippen molar-refractivity contribution in [2.45, 2.75) is 0 Å². The second kappa shape index (κ2) is 16.5. The van der Waals surface area contributed by atoms with E-state index in [0.717, 1.165) is 0 Å². The van der Waals surface area contributed by atoms with Gasteiger partial charge in [-0.2, -0.15) is 0 Å². The van der Waals surface area contributed by atoms with Crippen molar-refractivity contribution in [1.82, 2.24) is 0 Å². The van der Waals surface area contributed by atoms with Crippen LogP contribution in [0.25, 0.3) is 0 Å². The molecule has 0 amide bonds. The van der Waals surface area contributed by atoms with Crippen LogP contribution in [0.3, 0.4) is 0 Å². The van der Waals surface area contributed by atoms with Gasteiger partial charge in [0.05, 0.1) is 0 Å². The van der Waals surface area contributed by atoms with E-state index >= 15 is 0 Å². The summed E-state index contributed by atoms with van der Waals surface area (Å²) in [6, 6.07) is 0. The smallest absolute Gasteiger partial charge is 1.00 e. The van der Waals surface area contributed by atoms with Gasteiger partial charge in [0.25, 0.3) is 0 Å². The molecule has 0 fully saturated rings. The first kappa shape index (κ1) is 27.6. The SMILES string of the molecule is [Br-].[Br-].[Br-].[K+]. The Morgan fingerprint density at radius 2 is 0.500 bits per heavy atom. The van der Waals surface area contributed by atoms with Crippen LogP contribution in [0.1, 0.15) is 0 Å². The zero-order valence-corrected chi connectivity index (χ0v) is 10.0. The molecule has 0 aromatic carbocycles. The van der Waals surface area contributed by atoms with Gasteiger partial charge in [0.1, 0.15) is 0 Å². The van der Waals surface area contributed by atoms with Gasteiger partial charge < -0.3 is 50.9 Å². The molecule has 0 saturated carbocycles. The van der Waals surface area contributed by atoms with Gasteiger partial charge in [-0.3, -0.25) is 0 Å². The average molecular weight is 279 g/mol. The maximum atomic E-state index is 0. The van der Waals surface area contributed by atoms with Gasteiger partial charge in [0.15, 0.2) is 0 Å². The molecule has 0 radical (unpaired) electrons. The third-order valence-corrected chi connectivity index (χ3v) is 0. The van der Waals surface area contributed by atoms with E-state index < -0.39 is 0 Å². The van der Waals surface area contributed by atoms with Crippen LogP contribution in [0, 0.1) is 0 Å². The monoisotopic (exact) mass is 276 g/mol. The predicted octanol–water partition coefficient (Wildman–Crippen LogP) is -12.0. The van der Waals surface area contributed by atoms with Crippen molar-refractivity contribution >= 4 is 0 Å². The van der Waals surface area contributed by atoms with Crippen molar-refractivity contribution in [3.05, 3.63) is 0 Å². The molecule has 0 spiro atoms. The molecule has 0 unspecified atom stereocenters. The Kier molecular flexibility index (Phi) is 114. The van der Waals surface area contributed by atoms with Crippen molar-refractivity contribution in [1.29, 1.82) is 0 Å². The Bertz CT molecular complexity index is 3.25. The maximum absolute atomic E-state index is 0. The zero-order valence-electron chi connectivity index (χ0n) is 2.13. The van der Waals surface area contributed by atoms with Gasteiger partial charge in [-0.1, -0.05) is 0 Å². The van der Waals surface area contributed by atoms with Gasteiger partial charge >= 0.3 is 51.4 Å². The molecule has 24 valence electrons. The summed E-state index contributed by atoms with van der Waals surface area (Å²) in [5, 5.41) is 0. The van der Waals surface area contributed by atoms with Crippen molar-refractivity contribution in [2.75, 3.05) is 0 Å². The Labute approximate surface area is 99.8 Å². The van der Waals surface area contributed by atoms with Gasteiger partial charge in [0.2, 0.25) is 0 Å². The molecule has 0 aromatic rings. The van der Waals surface area contributed by atoms with Crippen LogP contribution in [0.4, 0.5) is 0 Å². The molecule has 0 heterocycles. The summed E-state index contributed by atoms with van der Waals surface area (Å²) in [6.45, 7) is 0. The van der Waals surface area contributed by atoms with E-state index in [1.165, 1.54) is 0 Å². The molecule has 4 heavy (non-hydrogen) atoms. The Hall–Kier alpha value is 3.08. The fraction of sp³-hybridized carbons (Fsp3) is 0. The summed E-state index contributed by atoms with van der Waals surface area (Å²) in [5.74, 6) is 0. The minimum absolute atomic E-state index is 0. The second-order valence-corrected chi connectivity index (χ2v) is 0.